The summed E-state index contributed by atoms with van der Waals surface area (Å²) >= 11 is 0. The van der Waals surface area contributed by atoms with Crippen molar-refractivity contribution in [2.75, 3.05) is 0 Å². The van der Waals surface area contributed by atoms with Crippen molar-refractivity contribution in [2.24, 2.45) is 0 Å². The molecule has 0 aliphatic rings. The summed E-state index contributed by atoms with van der Waals surface area (Å²) in [7, 11) is 0. The van der Waals surface area contributed by atoms with E-state index in [4.69, 9.17) is 0 Å². The third kappa shape index (κ3) is 2.90. The molecular formula is C18H13F2NO3. The second kappa shape index (κ2) is 6.23. The number of H-pyrrole nitrogens is 1. The summed E-state index contributed by atoms with van der Waals surface area (Å²) < 4.78 is 26.7. The van der Waals surface area contributed by atoms with E-state index in [0.717, 1.165) is 17.6 Å². The van der Waals surface area contributed by atoms with Gasteiger partial charge >= 0.3 is 5.97 Å². The summed E-state index contributed by atoms with van der Waals surface area (Å²) in [6.07, 6.45) is 1.12. The maximum atomic E-state index is 13.7. The number of benzene rings is 2. The molecule has 6 heteroatoms. The Hall–Kier alpha value is -3.02. The van der Waals surface area contributed by atoms with E-state index >= 15 is 0 Å². The Morgan fingerprint density at radius 2 is 1.88 bits per heavy atom. The lowest BCUT2D eigenvalue weighted by atomic mass is 9.91. The van der Waals surface area contributed by atoms with Gasteiger partial charge in [0.1, 0.15) is 11.6 Å². The molecule has 1 aromatic heterocycles. The average Bonchev–Trinajstić information content (AvgIpc) is 2.96. The van der Waals surface area contributed by atoms with Gasteiger partial charge in [-0.25, -0.2) is 8.78 Å². The van der Waals surface area contributed by atoms with Crippen molar-refractivity contribution in [3.8, 4) is 0 Å². The molecule has 24 heavy (non-hydrogen) atoms. The third-order valence-electron chi connectivity index (χ3n) is 3.92. The van der Waals surface area contributed by atoms with Crippen LogP contribution in [0.3, 0.4) is 0 Å². The lowest BCUT2D eigenvalue weighted by Crippen LogP contribution is -2.17. The van der Waals surface area contributed by atoms with Gasteiger partial charge in [-0.05, 0) is 23.8 Å². The molecular weight excluding hydrogens is 316 g/mol. The maximum Gasteiger partial charge on any atom is 0.311 e. The normalized spacial score (nSPS) is 12.2. The number of aliphatic carboxylic acids is 1. The molecule has 3 rings (SSSR count). The molecule has 3 aromatic rings. The molecule has 0 spiro atoms. The number of hydrogen-bond donors (Lipinski definition) is 2. The highest BCUT2D eigenvalue weighted by Gasteiger charge is 2.27. The molecule has 0 unspecified atom stereocenters. The van der Waals surface area contributed by atoms with E-state index < -0.39 is 35.7 Å². The number of fused-ring (bicyclic) bond motifs is 1. The monoisotopic (exact) mass is 329 g/mol. The smallest absolute Gasteiger partial charge is 0.311 e. The van der Waals surface area contributed by atoms with E-state index in [9.17, 15) is 23.5 Å². The van der Waals surface area contributed by atoms with Crippen molar-refractivity contribution in [1.29, 1.82) is 0 Å². The van der Waals surface area contributed by atoms with Gasteiger partial charge in [0.2, 0.25) is 0 Å². The number of Topliss-reactive ketones (excluding diaryl/α,β-unsaturated/α-hetero) is 1. The van der Waals surface area contributed by atoms with Crippen LogP contribution >= 0.6 is 0 Å². The van der Waals surface area contributed by atoms with E-state index in [-0.39, 0.29) is 5.56 Å². The Balaban J connectivity index is 1.95. The fourth-order valence-corrected chi connectivity index (χ4v) is 2.72. The van der Waals surface area contributed by atoms with Gasteiger partial charge < -0.3 is 10.1 Å². The molecule has 2 aromatic carbocycles. The first-order valence-corrected chi connectivity index (χ1v) is 7.24. The van der Waals surface area contributed by atoms with Gasteiger partial charge in [-0.3, -0.25) is 9.59 Å². The SMILES string of the molecule is O=C(C[C@@H](C(=O)O)c1c[nH]c2ccccc12)c1ccc(F)cc1F. The van der Waals surface area contributed by atoms with Gasteiger partial charge in [0, 0.05) is 29.6 Å². The molecule has 1 atom stereocenters. The predicted octanol–water partition coefficient (Wildman–Crippen LogP) is 3.89. The van der Waals surface area contributed by atoms with Crippen LogP contribution in [0.25, 0.3) is 10.9 Å². The Bertz CT molecular complexity index is 933. The number of carboxylic acids is 1. The van der Waals surface area contributed by atoms with Crippen molar-refractivity contribution in [3.05, 3.63) is 71.4 Å². The fourth-order valence-electron chi connectivity index (χ4n) is 2.72. The number of nitrogens with one attached hydrogen (secondary N) is 1. The van der Waals surface area contributed by atoms with Crippen LogP contribution in [0.4, 0.5) is 8.78 Å². The summed E-state index contributed by atoms with van der Waals surface area (Å²) in [5.41, 5.74) is 0.885. The fraction of sp³-hybridized carbons (Fsp3) is 0.111. The molecule has 122 valence electrons. The van der Waals surface area contributed by atoms with E-state index in [0.29, 0.717) is 17.0 Å². The summed E-state index contributed by atoms with van der Waals surface area (Å²) in [5.74, 6) is -4.79. The van der Waals surface area contributed by atoms with Crippen molar-refractivity contribution in [3.63, 3.8) is 0 Å². The first kappa shape index (κ1) is 15.9. The molecule has 2 N–H and O–H groups in total. The quantitative estimate of drug-likeness (QED) is 0.698. The molecule has 0 saturated carbocycles. The highest BCUT2D eigenvalue weighted by Crippen LogP contribution is 2.29. The second-order valence-corrected chi connectivity index (χ2v) is 5.43. The third-order valence-corrected chi connectivity index (χ3v) is 3.92. The van der Waals surface area contributed by atoms with E-state index in [1.54, 1.807) is 24.3 Å². The summed E-state index contributed by atoms with van der Waals surface area (Å²) in [4.78, 5) is 26.9. The molecule has 4 nitrogen and oxygen atoms in total. The first-order chi connectivity index (χ1) is 11.5. The minimum atomic E-state index is -1.18. The van der Waals surface area contributed by atoms with Crippen LogP contribution < -0.4 is 0 Å². The zero-order chi connectivity index (χ0) is 17.3. The van der Waals surface area contributed by atoms with Gasteiger partial charge in [-0.1, -0.05) is 18.2 Å². The molecule has 0 amide bonds. The van der Waals surface area contributed by atoms with Crippen LogP contribution in [0.2, 0.25) is 0 Å². The van der Waals surface area contributed by atoms with Crippen LogP contribution in [0, 0.1) is 11.6 Å². The van der Waals surface area contributed by atoms with Crippen LogP contribution in [-0.2, 0) is 4.79 Å². The first-order valence-electron chi connectivity index (χ1n) is 7.24. The average molecular weight is 329 g/mol. The highest BCUT2D eigenvalue weighted by molar-refractivity contribution is 6.00. The number of carboxylic acid groups (broad SMARTS) is 1. The Kier molecular flexibility index (Phi) is 4.12. The molecule has 0 aliphatic carbocycles. The Morgan fingerprint density at radius 3 is 2.58 bits per heavy atom. The van der Waals surface area contributed by atoms with E-state index in [1.165, 1.54) is 6.20 Å². The van der Waals surface area contributed by atoms with E-state index in [1.807, 2.05) is 0 Å². The Morgan fingerprint density at radius 1 is 1.12 bits per heavy atom. The zero-order valence-corrected chi connectivity index (χ0v) is 12.4. The topological polar surface area (TPSA) is 70.2 Å². The van der Waals surface area contributed by atoms with Crippen LogP contribution in [0.5, 0.6) is 0 Å². The lowest BCUT2D eigenvalue weighted by Gasteiger charge is -2.11. The standard InChI is InChI=1S/C18H13F2NO3/c19-10-5-6-12(15(20)7-10)17(22)8-13(18(23)24)14-9-21-16-4-2-1-3-11(14)16/h1-7,9,13,21H,8H2,(H,23,24)/t13-/m1/s1. The van der Waals surface area contributed by atoms with Gasteiger partial charge in [0.05, 0.1) is 11.5 Å². The number of halogens is 2. The van der Waals surface area contributed by atoms with E-state index in [2.05, 4.69) is 4.98 Å². The van der Waals surface area contributed by atoms with Gasteiger partial charge in [-0.2, -0.15) is 0 Å². The van der Waals surface area contributed by atoms with Crippen LogP contribution in [0.15, 0.2) is 48.7 Å². The minimum absolute atomic E-state index is 0.317. The summed E-state index contributed by atoms with van der Waals surface area (Å²) in [6.45, 7) is 0. The molecule has 0 aliphatic heterocycles. The zero-order valence-electron chi connectivity index (χ0n) is 12.4. The van der Waals surface area contributed by atoms with Gasteiger partial charge in [0.15, 0.2) is 5.78 Å². The molecule has 1 heterocycles. The summed E-state index contributed by atoms with van der Waals surface area (Å²) in [5, 5.41) is 10.2. The number of hydrogen-bond acceptors (Lipinski definition) is 2. The number of carbonyl (C=O) groups excluding carboxylic acids is 1. The summed E-state index contributed by atoms with van der Waals surface area (Å²) in [6, 6.07) is 9.71. The largest absolute Gasteiger partial charge is 0.481 e. The number of para-hydroxylation sites is 1. The molecule has 0 radical (unpaired) electrons. The van der Waals surface area contributed by atoms with Crippen LogP contribution in [0.1, 0.15) is 28.3 Å². The molecule has 0 bridgehead atoms. The lowest BCUT2D eigenvalue weighted by molar-refractivity contribution is -0.138. The number of rotatable bonds is 5. The number of ketones is 1. The molecule has 0 saturated heterocycles. The van der Waals surface area contributed by atoms with Crippen molar-refractivity contribution < 1.29 is 23.5 Å². The number of aromatic nitrogens is 1. The van der Waals surface area contributed by atoms with Gasteiger partial charge in [0.25, 0.3) is 0 Å². The second-order valence-electron chi connectivity index (χ2n) is 5.43. The van der Waals surface area contributed by atoms with Crippen LogP contribution in [-0.4, -0.2) is 21.8 Å². The molecule has 0 fully saturated rings. The number of carbonyl (C=O) groups is 2. The van der Waals surface area contributed by atoms with Gasteiger partial charge in [-0.15, -0.1) is 0 Å². The van der Waals surface area contributed by atoms with Crippen molar-refractivity contribution >= 4 is 22.7 Å². The number of aromatic amines is 1. The van der Waals surface area contributed by atoms with Crippen molar-refractivity contribution in [1.82, 2.24) is 4.98 Å². The van der Waals surface area contributed by atoms with Crippen molar-refractivity contribution in [2.45, 2.75) is 12.3 Å². The highest BCUT2D eigenvalue weighted by atomic mass is 19.1. The minimum Gasteiger partial charge on any atom is -0.481 e. The Labute approximate surface area is 135 Å². The maximum absolute atomic E-state index is 13.7. The predicted molar refractivity (Wildman–Crippen MR) is 84.0 cm³/mol.